The number of phosphoric ester groups is 1. The smallest absolute Gasteiger partial charge is 0.462 e. The Labute approximate surface area is 225 Å². The third-order valence-corrected chi connectivity index (χ3v) is 6.61. The van der Waals surface area contributed by atoms with Crippen LogP contribution in [0.25, 0.3) is 0 Å². The number of rotatable bonds is 26. The number of hydrogen-bond donors (Lipinski definition) is 2. The van der Waals surface area contributed by atoms with Gasteiger partial charge < -0.3 is 19.3 Å². The molecule has 0 aromatic heterocycles. The minimum Gasteiger partial charge on any atom is -0.462 e. The zero-order valence-corrected chi connectivity index (χ0v) is 24.3. The number of esters is 2. The lowest BCUT2D eigenvalue weighted by molar-refractivity contribution is -0.161. The normalized spacial score (nSPS) is 12.6. The Bertz CT molecular complexity index is 632. The highest BCUT2D eigenvalue weighted by atomic mass is 31.2. The van der Waals surface area contributed by atoms with Crippen molar-refractivity contribution in [2.75, 3.05) is 13.2 Å². The fourth-order valence-electron chi connectivity index (χ4n) is 3.96. The van der Waals surface area contributed by atoms with Crippen LogP contribution >= 0.6 is 7.82 Å². The minimum absolute atomic E-state index is 0.202. The molecule has 0 amide bonds. The molecule has 0 saturated carbocycles. The molecule has 0 rings (SSSR count). The molecule has 0 spiro atoms. The van der Waals surface area contributed by atoms with Gasteiger partial charge in [-0.1, -0.05) is 103 Å². The van der Waals surface area contributed by atoms with Crippen molar-refractivity contribution in [2.24, 2.45) is 0 Å². The molecule has 0 heterocycles. The lowest BCUT2D eigenvalue weighted by atomic mass is 10.1. The van der Waals surface area contributed by atoms with Crippen molar-refractivity contribution in [1.29, 1.82) is 0 Å². The van der Waals surface area contributed by atoms with Crippen LogP contribution in [0.3, 0.4) is 0 Å². The van der Waals surface area contributed by atoms with Crippen molar-refractivity contribution in [3.8, 4) is 0 Å². The average Bonchev–Trinajstić information content (AvgIpc) is 2.85. The molecule has 8 nitrogen and oxygen atoms in total. The first-order chi connectivity index (χ1) is 17.8. The SMILES string of the molecule is C/C=C/CCCCCCCC(=O)O[C@@H](COC(=O)CCCCCCCCCCCCC)COP(=O)(O)O. The van der Waals surface area contributed by atoms with Gasteiger partial charge in [0.25, 0.3) is 0 Å². The van der Waals surface area contributed by atoms with Crippen LogP contribution in [0, 0.1) is 0 Å². The monoisotopic (exact) mass is 548 g/mol. The molecule has 0 aliphatic carbocycles. The zero-order valence-electron chi connectivity index (χ0n) is 23.4. The highest BCUT2D eigenvalue weighted by Gasteiger charge is 2.22. The second kappa shape index (κ2) is 25.1. The number of ether oxygens (including phenoxy) is 2. The van der Waals surface area contributed by atoms with Crippen LogP contribution in [0.1, 0.15) is 136 Å². The van der Waals surface area contributed by atoms with Crippen LogP contribution in [0.2, 0.25) is 0 Å². The second-order valence-corrected chi connectivity index (χ2v) is 11.0. The summed E-state index contributed by atoms with van der Waals surface area (Å²) in [5.74, 6) is -0.902. The maximum atomic E-state index is 12.2. The fourth-order valence-corrected chi connectivity index (χ4v) is 4.32. The van der Waals surface area contributed by atoms with Gasteiger partial charge in [-0.3, -0.25) is 14.1 Å². The van der Waals surface area contributed by atoms with Gasteiger partial charge in [-0.2, -0.15) is 0 Å². The molecular formula is C28H53O8P. The molecule has 0 unspecified atom stereocenters. The van der Waals surface area contributed by atoms with Gasteiger partial charge >= 0.3 is 19.8 Å². The molecule has 0 aliphatic heterocycles. The molecule has 218 valence electrons. The van der Waals surface area contributed by atoms with Crippen LogP contribution in [-0.4, -0.2) is 41.0 Å². The van der Waals surface area contributed by atoms with E-state index in [4.69, 9.17) is 19.3 Å². The Kier molecular flexibility index (Phi) is 24.3. The van der Waals surface area contributed by atoms with Crippen molar-refractivity contribution in [3.63, 3.8) is 0 Å². The molecule has 0 aliphatic rings. The molecule has 0 radical (unpaired) electrons. The van der Waals surface area contributed by atoms with E-state index >= 15 is 0 Å². The number of carbonyl (C=O) groups is 2. The van der Waals surface area contributed by atoms with E-state index in [1.54, 1.807) is 0 Å². The summed E-state index contributed by atoms with van der Waals surface area (Å²) in [4.78, 5) is 42.2. The first-order valence-corrected chi connectivity index (χ1v) is 16.0. The number of carbonyl (C=O) groups excluding carboxylic acids is 2. The van der Waals surface area contributed by atoms with E-state index in [9.17, 15) is 14.2 Å². The van der Waals surface area contributed by atoms with Crippen molar-refractivity contribution in [2.45, 2.75) is 142 Å². The van der Waals surface area contributed by atoms with Crippen LogP contribution in [-0.2, 0) is 28.2 Å². The largest absolute Gasteiger partial charge is 0.469 e. The molecule has 1 atom stereocenters. The van der Waals surface area contributed by atoms with Crippen molar-refractivity contribution in [1.82, 2.24) is 0 Å². The summed E-state index contributed by atoms with van der Waals surface area (Å²) < 4.78 is 26.0. The van der Waals surface area contributed by atoms with E-state index in [0.29, 0.717) is 6.42 Å². The van der Waals surface area contributed by atoms with Gasteiger partial charge in [-0.15, -0.1) is 0 Å². The molecule has 0 fully saturated rings. The lowest BCUT2D eigenvalue weighted by Crippen LogP contribution is -2.29. The molecule has 2 N–H and O–H groups in total. The van der Waals surface area contributed by atoms with Gasteiger partial charge in [-0.05, 0) is 32.6 Å². The molecular weight excluding hydrogens is 495 g/mol. The Balaban J connectivity index is 4.06. The Morgan fingerprint density at radius 1 is 0.730 bits per heavy atom. The topological polar surface area (TPSA) is 119 Å². The average molecular weight is 549 g/mol. The van der Waals surface area contributed by atoms with Crippen LogP contribution < -0.4 is 0 Å². The highest BCUT2D eigenvalue weighted by Crippen LogP contribution is 2.35. The second-order valence-electron chi connectivity index (χ2n) is 9.74. The van der Waals surface area contributed by atoms with E-state index in [1.807, 2.05) is 13.0 Å². The van der Waals surface area contributed by atoms with E-state index < -0.39 is 32.5 Å². The Hall–Kier alpha value is -1.21. The van der Waals surface area contributed by atoms with E-state index in [-0.39, 0.29) is 19.4 Å². The molecule has 0 aromatic rings. The Morgan fingerprint density at radius 3 is 1.73 bits per heavy atom. The van der Waals surface area contributed by atoms with E-state index in [0.717, 1.165) is 51.4 Å². The van der Waals surface area contributed by atoms with Gasteiger partial charge in [-0.25, -0.2) is 4.57 Å². The zero-order chi connectivity index (χ0) is 27.6. The van der Waals surface area contributed by atoms with Gasteiger partial charge in [0.1, 0.15) is 6.61 Å². The van der Waals surface area contributed by atoms with Gasteiger partial charge in [0.2, 0.25) is 0 Å². The number of hydrogen-bond acceptors (Lipinski definition) is 6. The number of allylic oxidation sites excluding steroid dienone is 2. The maximum absolute atomic E-state index is 12.2. The summed E-state index contributed by atoms with van der Waals surface area (Å²) in [7, 11) is -4.73. The van der Waals surface area contributed by atoms with Crippen LogP contribution in [0.4, 0.5) is 0 Å². The third kappa shape index (κ3) is 27.6. The maximum Gasteiger partial charge on any atom is 0.469 e. The molecule has 0 aromatic carbocycles. The molecule has 0 saturated heterocycles. The number of phosphoric acid groups is 1. The summed E-state index contributed by atoms with van der Waals surface area (Å²) in [5, 5.41) is 0. The third-order valence-electron chi connectivity index (χ3n) is 6.13. The summed E-state index contributed by atoms with van der Waals surface area (Å²) >= 11 is 0. The van der Waals surface area contributed by atoms with Gasteiger partial charge in [0, 0.05) is 12.8 Å². The highest BCUT2D eigenvalue weighted by molar-refractivity contribution is 7.46. The lowest BCUT2D eigenvalue weighted by Gasteiger charge is -2.18. The summed E-state index contributed by atoms with van der Waals surface area (Å²) in [6.07, 6.45) is 22.5. The molecule has 9 heteroatoms. The Morgan fingerprint density at radius 2 is 1.22 bits per heavy atom. The minimum atomic E-state index is -4.73. The van der Waals surface area contributed by atoms with Gasteiger partial charge in [0.15, 0.2) is 6.10 Å². The number of unbranched alkanes of at least 4 members (excludes halogenated alkanes) is 15. The predicted molar refractivity (Wildman–Crippen MR) is 147 cm³/mol. The standard InChI is InChI=1S/C28H53O8P/c1-3-5-7-9-11-13-14-15-17-18-20-22-27(29)34-24-26(25-35-37(31,32)33)36-28(30)23-21-19-16-12-10-8-6-4-2/h4,6,26H,3,5,7-25H2,1-2H3,(H2,31,32,33)/b6-4+/t26-/m0/s1. The fraction of sp³-hybridized carbons (Fsp3) is 0.857. The predicted octanol–water partition coefficient (Wildman–Crippen LogP) is 7.56. The summed E-state index contributed by atoms with van der Waals surface area (Å²) in [5.41, 5.74) is 0. The first-order valence-electron chi connectivity index (χ1n) is 14.4. The summed E-state index contributed by atoms with van der Waals surface area (Å²) in [6, 6.07) is 0. The summed E-state index contributed by atoms with van der Waals surface area (Å²) in [6.45, 7) is 3.41. The van der Waals surface area contributed by atoms with Crippen molar-refractivity contribution in [3.05, 3.63) is 12.2 Å². The first kappa shape index (κ1) is 35.8. The van der Waals surface area contributed by atoms with Crippen molar-refractivity contribution >= 4 is 19.8 Å². The van der Waals surface area contributed by atoms with Crippen LogP contribution in [0.15, 0.2) is 12.2 Å². The van der Waals surface area contributed by atoms with E-state index in [1.165, 1.54) is 51.4 Å². The molecule has 37 heavy (non-hydrogen) atoms. The van der Waals surface area contributed by atoms with E-state index in [2.05, 4.69) is 17.5 Å². The van der Waals surface area contributed by atoms with Crippen molar-refractivity contribution < 1.29 is 37.9 Å². The molecule has 0 bridgehead atoms. The quantitative estimate of drug-likeness (QED) is 0.0492. The van der Waals surface area contributed by atoms with Crippen LogP contribution in [0.5, 0.6) is 0 Å². The van der Waals surface area contributed by atoms with Gasteiger partial charge in [0.05, 0.1) is 6.61 Å².